The number of ether oxygens (including phenoxy) is 1. The second-order valence-electron chi connectivity index (χ2n) is 5.20. The SMILES string of the molecule is CCOCCCNC(=NC)NCCN(C)Cc1ccccc1. The predicted molar refractivity (Wildman–Crippen MR) is 93.3 cm³/mol. The van der Waals surface area contributed by atoms with Gasteiger partial charge in [0.2, 0.25) is 0 Å². The highest BCUT2D eigenvalue weighted by atomic mass is 16.5. The fraction of sp³-hybridized carbons (Fsp3) is 0.588. The molecule has 0 unspecified atom stereocenters. The van der Waals surface area contributed by atoms with Gasteiger partial charge in [0.05, 0.1) is 0 Å². The van der Waals surface area contributed by atoms with Crippen molar-refractivity contribution in [3.63, 3.8) is 0 Å². The van der Waals surface area contributed by atoms with Gasteiger partial charge in [-0.05, 0) is 26.0 Å². The number of nitrogens with one attached hydrogen (secondary N) is 2. The molecule has 0 amide bonds. The first kappa shape index (κ1) is 18.5. The van der Waals surface area contributed by atoms with Gasteiger partial charge in [-0.3, -0.25) is 4.99 Å². The Morgan fingerprint density at radius 2 is 1.91 bits per heavy atom. The molecule has 5 heteroatoms. The molecule has 0 aliphatic heterocycles. The summed E-state index contributed by atoms with van der Waals surface area (Å²) in [4.78, 5) is 6.52. The van der Waals surface area contributed by atoms with E-state index in [4.69, 9.17) is 4.74 Å². The molecule has 0 saturated carbocycles. The summed E-state index contributed by atoms with van der Waals surface area (Å²) in [5, 5.41) is 6.63. The molecule has 0 radical (unpaired) electrons. The van der Waals surface area contributed by atoms with Crippen LogP contribution in [0.25, 0.3) is 0 Å². The first-order valence-corrected chi connectivity index (χ1v) is 8.01. The van der Waals surface area contributed by atoms with E-state index in [1.165, 1.54) is 5.56 Å². The van der Waals surface area contributed by atoms with Crippen LogP contribution in [0.5, 0.6) is 0 Å². The number of aliphatic imine (C=N–C) groups is 1. The van der Waals surface area contributed by atoms with Gasteiger partial charge in [-0.25, -0.2) is 0 Å². The second-order valence-corrected chi connectivity index (χ2v) is 5.20. The van der Waals surface area contributed by atoms with E-state index < -0.39 is 0 Å². The molecule has 0 aliphatic carbocycles. The minimum Gasteiger partial charge on any atom is -0.382 e. The van der Waals surface area contributed by atoms with E-state index in [1.54, 1.807) is 7.05 Å². The molecule has 0 bridgehead atoms. The Labute approximate surface area is 134 Å². The molecule has 22 heavy (non-hydrogen) atoms. The summed E-state index contributed by atoms with van der Waals surface area (Å²) in [6.07, 6.45) is 0.989. The fourth-order valence-electron chi connectivity index (χ4n) is 2.09. The van der Waals surface area contributed by atoms with Gasteiger partial charge < -0.3 is 20.3 Å². The maximum absolute atomic E-state index is 5.31. The van der Waals surface area contributed by atoms with E-state index in [-0.39, 0.29) is 0 Å². The van der Waals surface area contributed by atoms with Crippen LogP contribution >= 0.6 is 0 Å². The highest BCUT2D eigenvalue weighted by molar-refractivity contribution is 5.79. The Bertz CT molecular complexity index is 408. The summed E-state index contributed by atoms with van der Waals surface area (Å²) in [6, 6.07) is 10.5. The highest BCUT2D eigenvalue weighted by Crippen LogP contribution is 2.01. The van der Waals surface area contributed by atoms with Crippen molar-refractivity contribution in [2.45, 2.75) is 19.9 Å². The molecule has 1 aromatic rings. The Morgan fingerprint density at radius 3 is 2.59 bits per heavy atom. The summed E-state index contributed by atoms with van der Waals surface area (Å²) in [5.74, 6) is 0.851. The molecule has 5 nitrogen and oxygen atoms in total. The number of rotatable bonds is 10. The van der Waals surface area contributed by atoms with Crippen molar-refractivity contribution in [3.05, 3.63) is 35.9 Å². The summed E-state index contributed by atoms with van der Waals surface area (Å²) < 4.78 is 5.31. The van der Waals surface area contributed by atoms with E-state index in [1.807, 2.05) is 13.0 Å². The topological polar surface area (TPSA) is 48.9 Å². The van der Waals surface area contributed by atoms with Crippen LogP contribution in [0.3, 0.4) is 0 Å². The minimum absolute atomic E-state index is 0.778. The first-order valence-electron chi connectivity index (χ1n) is 8.01. The maximum atomic E-state index is 5.31. The van der Waals surface area contributed by atoms with E-state index in [0.717, 1.165) is 51.8 Å². The number of guanidine groups is 1. The zero-order chi connectivity index (χ0) is 16.0. The van der Waals surface area contributed by atoms with Crippen LogP contribution in [0.15, 0.2) is 35.3 Å². The Balaban J connectivity index is 2.13. The molecule has 1 rings (SSSR count). The monoisotopic (exact) mass is 306 g/mol. The van der Waals surface area contributed by atoms with Gasteiger partial charge in [0.25, 0.3) is 0 Å². The molecule has 0 aromatic heterocycles. The van der Waals surface area contributed by atoms with Crippen LogP contribution in [0.1, 0.15) is 18.9 Å². The molecule has 0 aliphatic rings. The van der Waals surface area contributed by atoms with Gasteiger partial charge in [-0.1, -0.05) is 30.3 Å². The van der Waals surface area contributed by atoms with Crippen LogP contribution in [0.2, 0.25) is 0 Å². The molecule has 0 heterocycles. The molecule has 124 valence electrons. The Hall–Kier alpha value is -1.59. The molecule has 0 spiro atoms. The fourth-order valence-corrected chi connectivity index (χ4v) is 2.09. The lowest BCUT2D eigenvalue weighted by atomic mass is 10.2. The smallest absolute Gasteiger partial charge is 0.191 e. The average molecular weight is 306 g/mol. The maximum Gasteiger partial charge on any atom is 0.191 e. The summed E-state index contributed by atoms with van der Waals surface area (Å²) in [7, 11) is 3.93. The lowest BCUT2D eigenvalue weighted by Crippen LogP contribution is -2.41. The van der Waals surface area contributed by atoms with Crippen molar-refractivity contribution in [2.75, 3.05) is 46.9 Å². The lowest BCUT2D eigenvalue weighted by molar-refractivity contribution is 0.145. The van der Waals surface area contributed by atoms with Crippen molar-refractivity contribution in [1.82, 2.24) is 15.5 Å². The standard InChI is InChI=1S/C17H30N4O/c1-4-22-14-8-11-19-17(18-2)20-12-13-21(3)15-16-9-6-5-7-10-16/h5-7,9-10H,4,8,11-15H2,1-3H3,(H2,18,19,20). The third-order valence-corrected chi connectivity index (χ3v) is 3.27. The molecule has 1 aromatic carbocycles. The zero-order valence-corrected chi connectivity index (χ0v) is 14.1. The van der Waals surface area contributed by atoms with Crippen LogP contribution < -0.4 is 10.6 Å². The van der Waals surface area contributed by atoms with E-state index >= 15 is 0 Å². The Morgan fingerprint density at radius 1 is 1.18 bits per heavy atom. The summed E-state index contributed by atoms with van der Waals surface area (Å²) in [5.41, 5.74) is 1.34. The molecule has 2 N–H and O–H groups in total. The molecular formula is C17H30N4O. The first-order chi connectivity index (χ1) is 10.8. The van der Waals surface area contributed by atoms with Gasteiger partial charge in [-0.2, -0.15) is 0 Å². The van der Waals surface area contributed by atoms with Crippen molar-refractivity contribution in [3.8, 4) is 0 Å². The largest absolute Gasteiger partial charge is 0.382 e. The average Bonchev–Trinajstić information content (AvgIpc) is 2.54. The van der Waals surface area contributed by atoms with Crippen molar-refractivity contribution in [1.29, 1.82) is 0 Å². The van der Waals surface area contributed by atoms with Gasteiger partial charge in [0, 0.05) is 46.4 Å². The number of nitrogens with zero attached hydrogens (tertiary/aromatic N) is 2. The Kier molecular flexibility index (Phi) is 10.1. The van der Waals surface area contributed by atoms with E-state index in [9.17, 15) is 0 Å². The third kappa shape index (κ3) is 8.64. The van der Waals surface area contributed by atoms with Gasteiger partial charge >= 0.3 is 0 Å². The summed E-state index contributed by atoms with van der Waals surface area (Å²) in [6.45, 7) is 7.26. The number of hydrogen-bond donors (Lipinski definition) is 2. The normalized spacial score (nSPS) is 11.7. The zero-order valence-electron chi connectivity index (χ0n) is 14.1. The van der Waals surface area contributed by atoms with Gasteiger partial charge in [0.1, 0.15) is 0 Å². The molecular weight excluding hydrogens is 276 g/mol. The number of likely N-dealkylation sites (N-methyl/N-ethyl adjacent to an activating group) is 1. The van der Waals surface area contributed by atoms with Crippen molar-refractivity contribution < 1.29 is 4.74 Å². The third-order valence-electron chi connectivity index (χ3n) is 3.27. The van der Waals surface area contributed by atoms with Crippen LogP contribution in [-0.2, 0) is 11.3 Å². The van der Waals surface area contributed by atoms with Gasteiger partial charge in [-0.15, -0.1) is 0 Å². The molecule has 0 saturated heterocycles. The lowest BCUT2D eigenvalue weighted by Gasteiger charge is -2.18. The quantitative estimate of drug-likeness (QED) is 0.392. The molecule has 0 fully saturated rings. The number of benzene rings is 1. The minimum atomic E-state index is 0.778. The highest BCUT2D eigenvalue weighted by Gasteiger charge is 2.01. The van der Waals surface area contributed by atoms with Gasteiger partial charge in [0.15, 0.2) is 5.96 Å². The van der Waals surface area contributed by atoms with Crippen molar-refractivity contribution in [2.24, 2.45) is 4.99 Å². The van der Waals surface area contributed by atoms with Crippen LogP contribution in [0.4, 0.5) is 0 Å². The molecule has 0 atom stereocenters. The van der Waals surface area contributed by atoms with Crippen LogP contribution in [-0.4, -0.2) is 57.8 Å². The van der Waals surface area contributed by atoms with Crippen molar-refractivity contribution >= 4 is 5.96 Å². The summed E-state index contributed by atoms with van der Waals surface area (Å²) >= 11 is 0. The second kappa shape index (κ2) is 12.0. The predicted octanol–water partition coefficient (Wildman–Crippen LogP) is 1.71. The van der Waals surface area contributed by atoms with E-state index in [0.29, 0.717) is 0 Å². The van der Waals surface area contributed by atoms with E-state index in [2.05, 4.69) is 51.8 Å². The van der Waals surface area contributed by atoms with Crippen LogP contribution in [0, 0.1) is 0 Å². The number of hydrogen-bond acceptors (Lipinski definition) is 3.